The van der Waals surface area contributed by atoms with Gasteiger partial charge in [0.1, 0.15) is 11.6 Å². The molecule has 1 aromatic carbocycles. The number of benzene rings is 1. The van der Waals surface area contributed by atoms with Crippen LogP contribution in [0.1, 0.15) is 38.0 Å². The van der Waals surface area contributed by atoms with Gasteiger partial charge in [-0.2, -0.15) is 0 Å². The summed E-state index contributed by atoms with van der Waals surface area (Å²) in [6, 6.07) is 4.89. The molecule has 4 N–H and O–H groups in total. The molecular formula is C15H11N3O5. The number of anilines is 1. The van der Waals surface area contributed by atoms with Gasteiger partial charge in [0.2, 0.25) is 0 Å². The molecule has 1 aliphatic heterocycles. The lowest BCUT2D eigenvalue weighted by molar-refractivity contribution is 0.0879. The molecule has 2 aromatic rings. The van der Waals surface area contributed by atoms with Gasteiger partial charge in [-0.1, -0.05) is 0 Å². The van der Waals surface area contributed by atoms with Crippen molar-refractivity contribution < 1.29 is 19.5 Å². The Morgan fingerprint density at radius 3 is 2.52 bits per heavy atom. The topological polar surface area (TPSA) is 131 Å². The van der Waals surface area contributed by atoms with Crippen LogP contribution in [0.4, 0.5) is 5.82 Å². The molecule has 0 atom stereocenters. The third-order valence-corrected chi connectivity index (χ3v) is 3.58. The highest BCUT2D eigenvalue weighted by atomic mass is 16.3. The van der Waals surface area contributed by atoms with E-state index in [4.69, 9.17) is 5.73 Å². The number of nitrogens with zero attached hydrogens (tertiary/aromatic N) is 1. The number of nitrogen functional groups attached to an aromatic ring is 1. The van der Waals surface area contributed by atoms with Crippen LogP contribution in [0.2, 0.25) is 0 Å². The number of Topliss-reactive ketones (excluding diaryl/α,β-unsaturated/α-hetero) is 1. The molecule has 116 valence electrons. The molecule has 0 fully saturated rings. The number of fused-ring (bicyclic) bond motifs is 1. The molecule has 8 nitrogen and oxygen atoms in total. The number of carbonyl (C=O) groups is 3. The number of rotatable bonds is 2. The summed E-state index contributed by atoms with van der Waals surface area (Å²) in [4.78, 5) is 47.2. The smallest absolute Gasteiger partial charge is 0.262 e. The Morgan fingerprint density at radius 1 is 1.17 bits per heavy atom. The number of amides is 2. The predicted molar refractivity (Wildman–Crippen MR) is 79.9 cm³/mol. The first-order valence-corrected chi connectivity index (χ1v) is 6.56. The van der Waals surface area contributed by atoms with Crippen LogP contribution < -0.4 is 16.6 Å². The molecule has 0 bridgehead atoms. The van der Waals surface area contributed by atoms with Crippen LogP contribution in [-0.2, 0) is 0 Å². The fraction of sp³-hybridized carbons (Fsp3) is 0.0667. The van der Waals surface area contributed by atoms with Crippen molar-refractivity contribution in [3.05, 3.63) is 51.3 Å². The van der Waals surface area contributed by atoms with Crippen LogP contribution in [0.15, 0.2) is 29.1 Å². The van der Waals surface area contributed by atoms with E-state index in [0.717, 1.165) is 10.6 Å². The molecule has 0 aliphatic carbocycles. The molecule has 1 aromatic heterocycles. The van der Waals surface area contributed by atoms with E-state index >= 15 is 0 Å². The molecule has 1 aliphatic rings. The average molecular weight is 313 g/mol. The minimum Gasteiger partial charge on any atom is -0.506 e. The van der Waals surface area contributed by atoms with E-state index in [9.17, 15) is 24.3 Å². The number of hydrogen-bond acceptors (Lipinski definition) is 6. The second-order valence-electron chi connectivity index (χ2n) is 5.03. The maximum absolute atomic E-state index is 12.3. The van der Waals surface area contributed by atoms with Crippen LogP contribution in [0.3, 0.4) is 0 Å². The van der Waals surface area contributed by atoms with E-state index in [-0.39, 0.29) is 39.7 Å². The van der Waals surface area contributed by atoms with E-state index in [0.29, 0.717) is 0 Å². The van der Waals surface area contributed by atoms with Crippen LogP contribution in [0, 0.1) is 0 Å². The molecule has 3 rings (SSSR count). The number of ketones is 1. The van der Waals surface area contributed by atoms with Crippen LogP contribution >= 0.6 is 0 Å². The molecule has 8 heteroatoms. The number of aromatic nitrogens is 1. The summed E-state index contributed by atoms with van der Waals surface area (Å²) >= 11 is 0. The second kappa shape index (κ2) is 4.80. The van der Waals surface area contributed by atoms with E-state index in [1.54, 1.807) is 0 Å². The highest BCUT2D eigenvalue weighted by Crippen LogP contribution is 2.28. The lowest BCUT2D eigenvalue weighted by Gasteiger charge is -2.14. The number of aromatic hydroxyl groups is 1. The van der Waals surface area contributed by atoms with E-state index in [2.05, 4.69) is 0 Å². The highest BCUT2D eigenvalue weighted by molar-refractivity contribution is 6.23. The summed E-state index contributed by atoms with van der Waals surface area (Å²) in [5.41, 5.74) is 5.12. The third-order valence-electron chi connectivity index (χ3n) is 3.58. The first-order valence-electron chi connectivity index (χ1n) is 6.56. The molecule has 0 saturated carbocycles. The van der Waals surface area contributed by atoms with Crippen molar-refractivity contribution in [1.29, 1.82) is 0 Å². The number of imide groups is 1. The van der Waals surface area contributed by atoms with E-state index in [1.807, 2.05) is 5.32 Å². The Balaban J connectivity index is 2.35. The summed E-state index contributed by atoms with van der Waals surface area (Å²) < 4.78 is 0.888. The van der Waals surface area contributed by atoms with Gasteiger partial charge in [0.25, 0.3) is 17.4 Å². The minimum absolute atomic E-state index is 0.0462. The zero-order chi connectivity index (χ0) is 16.9. The number of nitrogens with two attached hydrogens (primary N) is 1. The van der Waals surface area contributed by atoms with Crippen molar-refractivity contribution in [3.63, 3.8) is 0 Å². The first-order chi connectivity index (χ1) is 10.8. The maximum Gasteiger partial charge on any atom is 0.262 e. The Kier molecular flexibility index (Phi) is 3.03. The lowest BCUT2D eigenvalue weighted by Crippen LogP contribution is -2.24. The third kappa shape index (κ3) is 2.08. The van der Waals surface area contributed by atoms with Gasteiger partial charge >= 0.3 is 0 Å². The number of hydrogen-bond donors (Lipinski definition) is 3. The Bertz CT molecular complexity index is 958. The Morgan fingerprint density at radius 2 is 1.87 bits per heavy atom. The molecule has 0 unspecified atom stereocenters. The van der Waals surface area contributed by atoms with E-state index in [1.165, 1.54) is 25.1 Å². The van der Waals surface area contributed by atoms with Gasteiger partial charge in [-0.05, 0) is 25.1 Å². The predicted octanol–water partition coefficient (Wildman–Crippen LogP) is 0.211. The summed E-state index contributed by atoms with van der Waals surface area (Å²) in [6.45, 7) is 1.33. The van der Waals surface area contributed by atoms with Gasteiger partial charge in [0, 0.05) is 11.6 Å². The van der Waals surface area contributed by atoms with E-state index < -0.39 is 17.4 Å². The molecule has 0 radical (unpaired) electrons. The Hall–Kier alpha value is -3.42. The van der Waals surface area contributed by atoms with Gasteiger partial charge in [-0.15, -0.1) is 0 Å². The van der Waals surface area contributed by atoms with Crippen molar-refractivity contribution in [3.8, 4) is 11.4 Å². The van der Waals surface area contributed by atoms with Crippen molar-refractivity contribution >= 4 is 23.4 Å². The summed E-state index contributed by atoms with van der Waals surface area (Å²) in [7, 11) is 0. The molecule has 0 saturated heterocycles. The first kappa shape index (κ1) is 14.5. The molecule has 2 amide bonds. The second-order valence-corrected chi connectivity index (χ2v) is 5.03. The molecule has 2 heterocycles. The van der Waals surface area contributed by atoms with Crippen LogP contribution in [0.5, 0.6) is 5.75 Å². The highest BCUT2D eigenvalue weighted by Gasteiger charge is 2.32. The number of nitrogens with one attached hydrogen (secondary N) is 1. The number of carbonyl (C=O) groups excluding carboxylic acids is 3. The largest absolute Gasteiger partial charge is 0.506 e. The van der Waals surface area contributed by atoms with Crippen LogP contribution in [-0.4, -0.2) is 27.3 Å². The van der Waals surface area contributed by atoms with Crippen molar-refractivity contribution in [2.24, 2.45) is 0 Å². The fourth-order valence-electron chi connectivity index (χ4n) is 2.45. The fourth-order valence-corrected chi connectivity index (χ4v) is 2.45. The van der Waals surface area contributed by atoms with Crippen LogP contribution in [0.25, 0.3) is 5.69 Å². The molecule has 0 spiro atoms. The summed E-state index contributed by atoms with van der Waals surface area (Å²) in [5.74, 6) is -2.28. The number of phenols is 1. The maximum atomic E-state index is 12.3. The van der Waals surface area contributed by atoms with Gasteiger partial charge in [-0.3, -0.25) is 29.1 Å². The van der Waals surface area contributed by atoms with Crippen molar-refractivity contribution in [2.75, 3.05) is 5.73 Å². The number of phenolic OH excluding ortho intramolecular Hbond substituents is 1. The summed E-state index contributed by atoms with van der Waals surface area (Å²) in [5, 5.41) is 12.0. The monoisotopic (exact) mass is 313 g/mol. The quantitative estimate of drug-likeness (QED) is 0.536. The van der Waals surface area contributed by atoms with Crippen molar-refractivity contribution in [1.82, 2.24) is 9.88 Å². The molecular weight excluding hydrogens is 302 g/mol. The average Bonchev–Trinajstić information content (AvgIpc) is 2.75. The van der Waals surface area contributed by atoms with Gasteiger partial charge in [0.05, 0.1) is 16.8 Å². The minimum atomic E-state index is -0.724. The van der Waals surface area contributed by atoms with Gasteiger partial charge in [-0.25, -0.2) is 0 Å². The molecule has 23 heavy (non-hydrogen) atoms. The standard InChI is InChI=1S/C15H11N3O5/c1-6(19)7-2-3-10(20)9(4-7)18-11(21)5-8-12(13(18)16)15(23)17-14(8)22/h2-5,20H,16H2,1H3,(H,17,22,23). The SMILES string of the molecule is CC(=O)c1ccc(O)c(-n2c(N)c3c(cc2=O)C(=O)NC3=O)c1. The summed E-state index contributed by atoms with van der Waals surface area (Å²) in [6.07, 6.45) is 0. The Labute approximate surface area is 129 Å². The normalized spacial score (nSPS) is 12.9. The van der Waals surface area contributed by atoms with Gasteiger partial charge < -0.3 is 10.8 Å². The van der Waals surface area contributed by atoms with Gasteiger partial charge in [0.15, 0.2) is 5.78 Å². The number of pyridine rings is 1. The zero-order valence-electron chi connectivity index (χ0n) is 11.9. The van der Waals surface area contributed by atoms with Crippen molar-refractivity contribution in [2.45, 2.75) is 6.92 Å². The lowest BCUT2D eigenvalue weighted by atomic mass is 10.1. The zero-order valence-corrected chi connectivity index (χ0v) is 11.9.